The highest BCUT2D eigenvalue weighted by Crippen LogP contribution is 2.44. The standard InChI is InChI=1S/C14H12ClN3O5/c1-2-17-11(21)14(16-13(17)23)8-5-7(15)3-4-9(8)18(12(14)22)6-10(19)20/h3-5H,2,6H2,1H3,(H,16,23)(H,19,20)/t14-/m0/s1. The number of rotatable bonds is 3. The Hall–Kier alpha value is -2.61. The van der Waals surface area contributed by atoms with Gasteiger partial charge in [0.05, 0.1) is 5.69 Å². The van der Waals surface area contributed by atoms with Crippen LogP contribution in [0.3, 0.4) is 0 Å². The zero-order valence-electron chi connectivity index (χ0n) is 12.0. The summed E-state index contributed by atoms with van der Waals surface area (Å²) < 4.78 is 0. The molecule has 2 N–H and O–H groups in total. The van der Waals surface area contributed by atoms with E-state index in [1.165, 1.54) is 18.2 Å². The van der Waals surface area contributed by atoms with E-state index in [1.807, 2.05) is 0 Å². The van der Waals surface area contributed by atoms with Gasteiger partial charge in [-0.25, -0.2) is 4.79 Å². The highest BCUT2D eigenvalue weighted by atomic mass is 35.5. The van der Waals surface area contributed by atoms with Crippen molar-refractivity contribution in [1.29, 1.82) is 0 Å². The Bertz CT molecular complexity index is 765. The number of imide groups is 1. The first kappa shape index (κ1) is 15.3. The van der Waals surface area contributed by atoms with Gasteiger partial charge in [-0.1, -0.05) is 11.6 Å². The van der Waals surface area contributed by atoms with Crippen LogP contribution in [0.1, 0.15) is 12.5 Å². The molecule has 8 nitrogen and oxygen atoms in total. The van der Waals surface area contributed by atoms with Crippen molar-refractivity contribution in [1.82, 2.24) is 10.2 Å². The number of carboxylic acid groups (broad SMARTS) is 1. The maximum absolute atomic E-state index is 12.8. The average molecular weight is 338 g/mol. The van der Waals surface area contributed by atoms with Gasteiger partial charge in [0.25, 0.3) is 11.8 Å². The number of nitrogens with one attached hydrogen (secondary N) is 1. The maximum atomic E-state index is 12.8. The molecule has 4 amide bonds. The third-order valence-electron chi connectivity index (χ3n) is 3.93. The second kappa shape index (κ2) is 4.95. The summed E-state index contributed by atoms with van der Waals surface area (Å²) in [5.41, 5.74) is -1.51. The van der Waals surface area contributed by atoms with Gasteiger partial charge in [-0.05, 0) is 25.1 Å². The van der Waals surface area contributed by atoms with Crippen LogP contribution < -0.4 is 10.2 Å². The summed E-state index contributed by atoms with van der Waals surface area (Å²) in [5, 5.41) is 11.7. The molecule has 1 spiro atoms. The Balaban J connectivity index is 2.22. The molecule has 1 fully saturated rings. The summed E-state index contributed by atoms with van der Waals surface area (Å²) in [5.74, 6) is -2.77. The van der Waals surface area contributed by atoms with Crippen molar-refractivity contribution in [3.05, 3.63) is 28.8 Å². The number of carboxylic acids is 1. The van der Waals surface area contributed by atoms with Crippen LogP contribution in [0.15, 0.2) is 18.2 Å². The summed E-state index contributed by atoms with van der Waals surface area (Å²) in [7, 11) is 0. The Kier molecular flexibility index (Phi) is 3.29. The largest absolute Gasteiger partial charge is 0.480 e. The van der Waals surface area contributed by atoms with E-state index in [2.05, 4.69) is 5.32 Å². The number of halogens is 1. The molecule has 0 bridgehead atoms. The zero-order valence-corrected chi connectivity index (χ0v) is 12.8. The molecule has 0 unspecified atom stereocenters. The normalized spacial score (nSPS) is 22.8. The summed E-state index contributed by atoms with van der Waals surface area (Å²) in [6, 6.07) is 3.64. The Morgan fingerprint density at radius 1 is 1.26 bits per heavy atom. The van der Waals surface area contributed by atoms with Gasteiger partial charge in [-0.2, -0.15) is 0 Å². The molecule has 0 aromatic heterocycles. The van der Waals surface area contributed by atoms with Gasteiger partial charge < -0.3 is 10.4 Å². The molecule has 1 atom stereocenters. The molecule has 2 aliphatic heterocycles. The van der Waals surface area contributed by atoms with Crippen LogP contribution in [0.4, 0.5) is 10.5 Å². The number of anilines is 1. The van der Waals surface area contributed by atoms with Crippen LogP contribution in [0.25, 0.3) is 0 Å². The van der Waals surface area contributed by atoms with Crippen molar-refractivity contribution in [2.75, 3.05) is 18.0 Å². The third kappa shape index (κ3) is 1.91. The molecule has 2 aliphatic rings. The van der Waals surface area contributed by atoms with Crippen molar-refractivity contribution < 1.29 is 24.3 Å². The lowest BCUT2D eigenvalue weighted by atomic mass is 9.91. The molecule has 0 aliphatic carbocycles. The number of carbonyl (C=O) groups is 4. The lowest BCUT2D eigenvalue weighted by molar-refractivity contribution is -0.141. The number of nitrogens with zero attached hydrogens (tertiary/aromatic N) is 2. The second-order valence-electron chi connectivity index (χ2n) is 5.18. The van der Waals surface area contributed by atoms with Gasteiger partial charge in [-0.3, -0.25) is 24.2 Å². The van der Waals surface area contributed by atoms with E-state index in [9.17, 15) is 19.2 Å². The molecule has 3 rings (SSSR count). The topological polar surface area (TPSA) is 107 Å². The van der Waals surface area contributed by atoms with Crippen molar-refractivity contribution >= 4 is 41.1 Å². The van der Waals surface area contributed by atoms with Gasteiger partial charge in [0.2, 0.25) is 5.54 Å². The van der Waals surface area contributed by atoms with Crippen LogP contribution in [0, 0.1) is 0 Å². The molecule has 9 heteroatoms. The number of urea groups is 1. The predicted molar refractivity (Wildman–Crippen MR) is 79.0 cm³/mol. The highest BCUT2D eigenvalue weighted by molar-refractivity contribution is 6.32. The molecule has 2 heterocycles. The van der Waals surface area contributed by atoms with E-state index in [-0.39, 0.29) is 22.8 Å². The van der Waals surface area contributed by atoms with Crippen molar-refractivity contribution in [2.45, 2.75) is 12.5 Å². The smallest absolute Gasteiger partial charge is 0.325 e. The fraction of sp³-hybridized carbons (Fsp3) is 0.286. The summed E-state index contributed by atoms with van der Waals surface area (Å²) in [6.07, 6.45) is 0. The minimum absolute atomic E-state index is 0.0918. The summed E-state index contributed by atoms with van der Waals surface area (Å²) in [6.45, 7) is 1.07. The first-order chi connectivity index (χ1) is 10.8. The Morgan fingerprint density at radius 3 is 2.48 bits per heavy atom. The van der Waals surface area contributed by atoms with E-state index >= 15 is 0 Å². The zero-order chi connectivity index (χ0) is 16.9. The average Bonchev–Trinajstić information content (AvgIpc) is 2.86. The van der Waals surface area contributed by atoms with Crippen LogP contribution in [-0.2, 0) is 19.9 Å². The fourth-order valence-electron chi connectivity index (χ4n) is 2.95. The van der Waals surface area contributed by atoms with Gasteiger partial charge in [-0.15, -0.1) is 0 Å². The highest BCUT2D eigenvalue weighted by Gasteiger charge is 2.63. The van der Waals surface area contributed by atoms with E-state index in [1.54, 1.807) is 6.92 Å². The number of fused-ring (bicyclic) bond motifs is 2. The predicted octanol–water partition coefficient (Wildman–Crippen LogP) is 0.538. The summed E-state index contributed by atoms with van der Waals surface area (Å²) in [4.78, 5) is 50.4. The van der Waals surface area contributed by atoms with Gasteiger partial charge in [0, 0.05) is 17.1 Å². The minimum Gasteiger partial charge on any atom is -0.480 e. The first-order valence-corrected chi connectivity index (χ1v) is 7.18. The van der Waals surface area contributed by atoms with Crippen LogP contribution in [0.2, 0.25) is 5.02 Å². The lowest BCUT2D eigenvalue weighted by Crippen LogP contribution is -2.53. The molecular weight excluding hydrogens is 326 g/mol. The van der Waals surface area contributed by atoms with Gasteiger partial charge in [0.1, 0.15) is 6.54 Å². The maximum Gasteiger partial charge on any atom is 0.325 e. The van der Waals surface area contributed by atoms with Crippen molar-refractivity contribution in [2.24, 2.45) is 0 Å². The Labute approximate surface area is 135 Å². The molecule has 0 radical (unpaired) electrons. The first-order valence-electron chi connectivity index (χ1n) is 6.80. The van der Waals surface area contributed by atoms with Gasteiger partial charge in [0.15, 0.2) is 0 Å². The minimum atomic E-state index is -1.94. The molecule has 1 saturated heterocycles. The van der Waals surface area contributed by atoms with E-state index in [0.717, 1.165) is 9.80 Å². The van der Waals surface area contributed by atoms with Crippen molar-refractivity contribution in [3.63, 3.8) is 0 Å². The molecule has 23 heavy (non-hydrogen) atoms. The SMILES string of the molecule is CCN1C(=O)N[C@@]2(C1=O)C(=O)N(CC(=O)O)c1ccc(Cl)cc12. The summed E-state index contributed by atoms with van der Waals surface area (Å²) >= 11 is 5.96. The second-order valence-corrected chi connectivity index (χ2v) is 5.61. The number of amides is 4. The number of hydrogen-bond acceptors (Lipinski definition) is 4. The van der Waals surface area contributed by atoms with E-state index in [0.29, 0.717) is 0 Å². The number of aliphatic carboxylic acids is 1. The molecule has 120 valence electrons. The number of benzene rings is 1. The molecule has 0 saturated carbocycles. The number of hydrogen-bond donors (Lipinski definition) is 2. The Morgan fingerprint density at radius 2 is 1.91 bits per heavy atom. The molecule has 1 aromatic carbocycles. The molecule has 1 aromatic rings. The quantitative estimate of drug-likeness (QED) is 0.618. The van der Waals surface area contributed by atoms with E-state index < -0.39 is 35.9 Å². The monoisotopic (exact) mass is 337 g/mol. The lowest BCUT2D eigenvalue weighted by Gasteiger charge is -2.20. The van der Waals surface area contributed by atoms with Gasteiger partial charge >= 0.3 is 12.0 Å². The van der Waals surface area contributed by atoms with E-state index in [4.69, 9.17) is 16.7 Å². The fourth-order valence-corrected chi connectivity index (χ4v) is 3.13. The van der Waals surface area contributed by atoms with Crippen LogP contribution in [-0.4, -0.2) is 46.9 Å². The molecular formula is C14H12ClN3O5. The number of likely N-dealkylation sites (N-methyl/N-ethyl adjacent to an activating group) is 1. The number of carbonyl (C=O) groups excluding carboxylic acids is 3. The third-order valence-corrected chi connectivity index (χ3v) is 4.17. The van der Waals surface area contributed by atoms with Crippen LogP contribution >= 0.6 is 11.6 Å². The van der Waals surface area contributed by atoms with Crippen LogP contribution in [0.5, 0.6) is 0 Å². The van der Waals surface area contributed by atoms with Crippen molar-refractivity contribution in [3.8, 4) is 0 Å².